The van der Waals surface area contributed by atoms with Gasteiger partial charge in [-0.3, -0.25) is 0 Å². The molecule has 286 valence electrons. The van der Waals surface area contributed by atoms with Crippen LogP contribution < -0.4 is 0 Å². The van der Waals surface area contributed by atoms with Gasteiger partial charge in [-0.05, 0) is 65.7 Å². The molecule has 13 rings (SSSR count). The van der Waals surface area contributed by atoms with E-state index >= 15 is 0 Å². The van der Waals surface area contributed by atoms with Crippen LogP contribution >= 0.6 is 0 Å². The first kappa shape index (κ1) is 33.8. The number of imidazole rings is 1. The molecular formula is C54H33N5O2. The molecule has 0 saturated heterocycles. The van der Waals surface area contributed by atoms with Crippen LogP contribution in [0.4, 0.5) is 0 Å². The zero-order chi connectivity index (χ0) is 40.0. The molecular weight excluding hydrogens is 751 g/mol. The van der Waals surface area contributed by atoms with Gasteiger partial charge in [0.25, 0.3) is 0 Å². The van der Waals surface area contributed by atoms with Gasteiger partial charge in [-0.15, -0.1) is 0 Å². The third-order valence-corrected chi connectivity index (χ3v) is 12.1. The van der Waals surface area contributed by atoms with Gasteiger partial charge in [0.05, 0.1) is 17.1 Å². The van der Waals surface area contributed by atoms with Crippen LogP contribution in [0.3, 0.4) is 0 Å². The highest BCUT2D eigenvalue weighted by atomic mass is 16.3. The second kappa shape index (κ2) is 13.2. The van der Waals surface area contributed by atoms with Crippen molar-refractivity contribution in [2.75, 3.05) is 0 Å². The second-order valence-corrected chi connectivity index (χ2v) is 15.7. The van der Waals surface area contributed by atoms with Crippen LogP contribution in [-0.2, 0) is 0 Å². The summed E-state index contributed by atoms with van der Waals surface area (Å²) in [5.41, 5.74) is 9.16. The lowest BCUT2D eigenvalue weighted by Crippen LogP contribution is -2.12. The molecule has 7 heteroatoms. The van der Waals surface area contributed by atoms with Crippen LogP contribution in [0.15, 0.2) is 191 Å². The van der Waals surface area contributed by atoms with E-state index in [2.05, 4.69) is 126 Å². The van der Waals surface area contributed by atoms with Crippen LogP contribution in [0.25, 0.3) is 116 Å². The fourth-order valence-electron chi connectivity index (χ4n) is 9.33. The zero-order valence-corrected chi connectivity index (χ0v) is 32.7. The molecule has 1 unspecified atom stereocenters. The Morgan fingerprint density at radius 2 is 0.934 bits per heavy atom. The maximum Gasteiger partial charge on any atom is 0.164 e. The standard InChI is InChI=1S/C54H33N5O2/c1-2-13-32(14-3-1)54-55-49-41-21-6-4-17-37(41)38-18-5-7-22-42(38)50(49)59(54)36-16-12-15-33(29-36)51-56-52(34-25-27-47-43(30-34)39-19-8-10-23-45(39)60-47)58-53(57-51)35-26-28-48-44(31-35)40-20-9-11-24-46(40)61-48/h1-15,17-31,36H,16H2. The number of hydrogen-bond acceptors (Lipinski definition) is 6. The maximum absolute atomic E-state index is 6.21. The molecule has 0 spiro atoms. The predicted octanol–water partition coefficient (Wildman–Crippen LogP) is 13.9. The van der Waals surface area contributed by atoms with Crippen molar-refractivity contribution in [2.24, 2.45) is 0 Å². The van der Waals surface area contributed by atoms with Gasteiger partial charge < -0.3 is 13.4 Å². The lowest BCUT2D eigenvalue weighted by atomic mass is 9.98. The number of para-hydroxylation sites is 2. The number of benzene rings is 8. The molecule has 0 radical (unpaired) electrons. The quantitative estimate of drug-likeness (QED) is 0.162. The van der Waals surface area contributed by atoms with E-state index in [1.54, 1.807) is 0 Å². The van der Waals surface area contributed by atoms with Crippen molar-refractivity contribution in [1.82, 2.24) is 24.5 Å². The zero-order valence-electron chi connectivity index (χ0n) is 32.7. The molecule has 4 aromatic heterocycles. The molecule has 8 aromatic carbocycles. The Kier molecular flexibility index (Phi) is 7.30. The Balaban J connectivity index is 1.03. The van der Waals surface area contributed by atoms with Crippen molar-refractivity contribution >= 4 is 82.0 Å². The minimum atomic E-state index is -0.0873. The van der Waals surface area contributed by atoms with E-state index in [0.29, 0.717) is 17.5 Å². The Bertz CT molecular complexity index is 3680. The fraction of sp³-hybridized carbons (Fsp3) is 0.0370. The summed E-state index contributed by atoms with van der Waals surface area (Å²) in [6.45, 7) is 0. The van der Waals surface area contributed by atoms with Crippen LogP contribution in [0.5, 0.6) is 0 Å². The minimum Gasteiger partial charge on any atom is -0.456 e. The summed E-state index contributed by atoms with van der Waals surface area (Å²) < 4.78 is 14.8. The third kappa shape index (κ3) is 5.30. The summed E-state index contributed by atoms with van der Waals surface area (Å²) in [7, 11) is 0. The Morgan fingerprint density at radius 3 is 1.57 bits per heavy atom. The lowest BCUT2D eigenvalue weighted by molar-refractivity contribution is 0.633. The Hall–Kier alpha value is -8.16. The van der Waals surface area contributed by atoms with Crippen molar-refractivity contribution < 1.29 is 8.83 Å². The highest BCUT2D eigenvalue weighted by Gasteiger charge is 2.25. The Morgan fingerprint density at radius 1 is 0.426 bits per heavy atom. The first-order valence-corrected chi connectivity index (χ1v) is 20.6. The number of nitrogens with zero attached hydrogens (tertiary/aromatic N) is 5. The van der Waals surface area contributed by atoms with E-state index in [0.717, 1.165) is 94.8 Å². The number of allylic oxidation sites excluding steroid dienone is 4. The number of aromatic nitrogens is 5. The van der Waals surface area contributed by atoms with E-state index in [1.165, 1.54) is 16.2 Å². The number of fused-ring (bicyclic) bond motifs is 12. The molecule has 7 nitrogen and oxygen atoms in total. The average molecular weight is 784 g/mol. The minimum absolute atomic E-state index is 0.0873. The average Bonchev–Trinajstić information content (AvgIpc) is 4.04. The van der Waals surface area contributed by atoms with Gasteiger partial charge in [0.2, 0.25) is 0 Å². The molecule has 1 atom stereocenters. The van der Waals surface area contributed by atoms with Gasteiger partial charge in [0.15, 0.2) is 17.5 Å². The lowest BCUT2D eigenvalue weighted by Gasteiger charge is -2.22. The summed E-state index contributed by atoms with van der Waals surface area (Å²) in [5, 5.41) is 8.84. The van der Waals surface area contributed by atoms with E-state index in [4.69, 9.17) is 28.8 Å². The summed E-state index contributed by atoms with van der Waals surface area (Å²) in [4.78, 5) is 21.2. The van der Waals surface area contributed by atoms with E-state index in [9.17, 15) is 0 Å². The van der Waals surface area contributed by atoms with Gasteiger partial charge in [0.1, 0.15) is 28.2 Å². The van der Waals surface area contributed by atoms with Crippen LogP contribution in [0.1, 0.15) is 18.3 Å². The maximum atomic E-state index is 6.21. The normalized spacial score (nSPS) is 14.4. The first-order chi connectivity index (χ1) is 30.2. The smallest absolute Gasteiger partial charge is 0.164 e. The van der Waals surface area contributed by atoms with E-state index in [-0.39, 0.29) is 6.04 Å². The molecule has 61 heavy (non-hydrogen) atoms. The van der Waals surface area contributed by atoms with Gasteiger partial charge in [-0.1, -0.05) is 133 Å². The molecule has 0 amide bonds. The monoisotopic (exact) mass is 783 g/mol. The molecule has 0 fully saturated rings. The van der Waals surface area contributed by atoms with Gasteiger partial charge in [0, 0.05) is 54.6 Å². The SMILES string of the molecule is C1=CC(c2nc(-c3ccc4oc5ccccc5c4c3)nc(-c3ccc4oc5ccccc5c4c3)n2)=CC(n2c(-c3ccccc3)nc3c4ccccc4c4ccccc4c32)C1. The molecule has 1 aliphatic rings. The summed E-state index contributed by atoms with van der Waals surface area (Å²) in [5.74, 6) is 2.68. The summed E-state index contributed by atoms with van der Waals surface area (Å²) in [6, 6.07) is 56.3. The van der Waals surface area contributed by atoms with Crippen LogP contribution in [0.2, 0.25) is 0 Å². The van der Waals surface area contributed by atoms with Crippen molar-refractivity contribution in [3.63, 3.8) is 0 Å². The van der Waals surface area contributed by atoms with Crippen molar-refractivity contribution in [2.45, 2.75) is 12.5 Å². The van der Waals surface area contributed by atoms with Gasteiger partial charge in [-0.2, -0.15) is 0 Å². The topological polar surface area (TPSA) is 82.8 Å². The van der Waals surface area contributed by atoms with Gasteiger partial charge in [-0.25, -0.2) is 19.9 Å². The van der Waals surface area contributed by atoms with E-state index < -0.39 is 0 Å². The third-order valence-electron chi connectivity index (χ3n) is 12.1. The first-order valence-electron chi connectivity index (χ1n) is 20.6. The van der Waals surface area contributed by atoms with Gasteiger partial charge >= 0.3 is 0 Å². The largest absolute Gasteiger partial charge is 0.456 e. The van der Waals surface area contributed by atoms with Crippen molar-refractivity contribution in [3.8, 4) is 34.2 Å². The predicted molar refractivity (Wildman–Crippen MR) is 246 cm³/mol. The fourth-order valence-corrected chi connectivity index (χ4v) is 9.33. The summed E-state index contributed by atoms with van der Waals surface area (Å²) in [6.07, 6.45) is 7.46. The molecule has 0 saturated carbocycles. The molecule has 1 aliphatic carbocycles. The van der Waals surface area contributed by atoms with E-state index in [1.807, 2.05) is 60.7 Å². The number of rotatable bonds is 5. The molecule has 4 heterocycles. The molecule has 0 aliphatic heterocycles. The number of furan rings is 2. The molecule has 0 bridgehead atoms. The molecule has 0 N–H and O–H groups in total. The second-order valence-electron chi connectivity index (χ2n) is 15.7. The van der Waals surface area contributed by atoms with Crippen LogP contribution in [0, 0.1) is 0 Å². The van der Waals surface area contributed by atoms with Crippen molar-refractivity contribution in [1.29, 1.82) is 0 Å². The summed E-state index contributed by atoms with van der Waals surface area (Å²) >= 11 is 0. The highest BCUT2D eigenvalue weighted by Crippen LogP contribution is 2.42. The Labute approximate surface area is 348 Å². The van der Waals surface area contributed by atoms with Crippen molar-refractivity contribution in [3.05, 3.63) is 188 Å². The molecule has 12 aromatic rings. The highest BCUT2D eigenvalue weighted by molar-refractivity contribution is 6.24. The van der Waals surface area contributed by atoms with Crippen LogP contribution in [-0.4, -0.2) is 24.5 Å². The number of hydrogen-bond donors (Lipinski definition) is 0.